The number of benzene rings is 2. The number of methoxy groups -OCH3 is 2. The standard InChI is InChI=1S/C23H23N3O3S/c1-15-6-4-5-7-19(15)25-13-26-22(27)11-17(18(12-24)23(26)30-14-25)16-8-9-20(28-2)21(10-16)29-3/h4-10,17H,11,13-14H2,1-3H3. The Morgan fingerprint density at radius 2 is 1.90 bits per heavy atom. The van der Waals surface area contributed by atoms with Gasteiger partial charge in [-0.05, 0) is 36.2 Å². The highest BCUT2D eigenvalue weighted by molar-refractivity contribution is 8.03. The fraction of sp³-hybridized carbons (Fsp3) is 0.304. The van der Waals surface area contributed by atoms with E-state index in [1.807, 2.05) is 30.3 Å². The van der Waals surface area contributed by atoms with E-state index in [0.717, 1.165) is 16.3 Å². The maximum absolute atomic E-state index is 13.1. The molecule has 0 radical (unpaired) electrons. The Hall–Kier alpha value is -3.11. The van der Waals surface area contributed by atoms with Gasteiger partial charge in [0.15, 0.2) is 11.5 Å². The van der Waals surface area contributed by atoms with E-state index in [-0.39, 0.29) is 18.2 Å². The van der Waals surface area contributed by atoms with E-state index in [0.29, 0.717) is 29.6 Å². The second kappa shape index (κ2) is 8.33. The molecule has 0 spiro atoms. The number of rotatable bonds is 4. The number of aryl methyl sites for hydroxylation is 1. The number of thioether (sulfide) groups is 1. The quantitative estimate of drug-likeness (QED) is 0.736. The number of allylic oxidation sites excluding steroid dienone is 1. The zero-order chi connectivity index (χ0) is 21.3. The average Bonchev–Trinajstić information content (AvgIpc) is 2.78. The van der Waals surface area contributed by atoms with Crippen molar-refractivity contribution < 1.29 is 14.3 Å². The van der Waals surface area contributed by atoms with Crippen molar-refractivity contribution in [3.63, 3.8) is 0 Å². The third-order valence-electron chi connectivity index (χ3n) is 5.56. The summed E-state index contributed by atoms with van der Waals surface area (Å²) in [7, 11) is 3.16. The highest BCUT2D eigenvalue weighted by atomic mass is 32.2. The summed E-state index contributed by atoms with van der Waals surface area (Å²) < 4.78 is 10.7. The molecule has 2 aliphatic heterocycles. The molecule has 0 aliphatic carbocycles. The highest BCUT2D eigenvalue weighted by Crippen LogP contribution is 2.44. The Kier molecular flexibility index (Phi) is 5.60. The Labute approximate surface area is 180 Å². The van der Waals surface area contributed by atoms with Crippen LogP contribution in [0, 0.1) is 18.3 Å². The molecule has 2 aromatic rings. The summed E-state index contributed by atoms with van der Waals surface area (Å²) in [5.74, 6) is 1.64. The molecule has 0 aromatic heterocycles. The second-order valence-corrected chi connectivity index (χ2v) is 8.20. The molecule has 2 heterocycles. The smallest absolute Gasteiger partial charge is 0.229 e. The van der Waals surface area contributed by atoms with Crippen molar-refractivity contribution in [3.8, 4) is 17.6 Å². The predicted molar refractivity (Wildman–Crippen MR) is 117 cm³/mol. The number of anilines is 1. The van der Waals surface area contributed by atoms with E-state index in [4.69, 9.17) is 9.47 Å². The van der Waals surface area contributed by atoms with Crippen LogP contribution in [-0.2, 0) is 4.79 Å². The van der Waals surface area contributed by atoms with E-state index in [2.05, 4.69) is 30.0 Å². The molecule has 2 aromatic carbocycles. The number of carbonyl (C=O) groups is 1. The lowest BCUT2D eigenvalue weighted by Crippen LogP contribution is -2.47. The van der Waals surface area contributed by atoms with Gasteiger partial charge in [-0.1, -0.05) is 36.0 Å². The van der Waals surface area contributed by atoms with Crippen molar-refractivity contribution in [3.05, 3.63) is 64.2 Å². The average molecular weight is 422 g/mol. The summed E-state index contributed by atoms with van der Waals surface area (Å²) in [6, 6.07) is 16.1. The Morgan fingerprint density at radius 3 is 2.60 bits per heavy atom. The molecule has 1 fully saturated rings. The van der Waals surface area contributed by atoms with Crippen LogP contribution >= 0.6 is 11.8 Å². The van der Waals surface area contributed by atoms with Crippen LogP contribution in [-0.4, -0.2) is 37.6 Å². The number of carbonyl (C=O) groups excluding carboxylic acids is 1. The largest absolute Gasteiger partial charge is 0.493 e. The van der Waals surface area contributed by atoms with Crippen molar-refractivity contribution in [2.24, 2.45) is 0 Å². The van der Waals surface area contributed by atoms with Crippen molar-refractivity contribution in [2.45, 2.75) is 19.3 Å². The molecular formula is C23H23N3O3S. The number of fused-ring (bicyclic) bond motifs is 1. The van der Waals surface area contributed by atoms with Crippen LogP contribution in [0.3, 0.4) is 0 Å². The van der Waals surface area contributed by atoms with Crippen LogP contribution in [0.5, 0.6) is 11.5 Å². The minimum atomic E-state index is -0.286. The fourth-order valence-electron chi connectivity index (χ4n) is 3.99. The summed E-state index contributed by atoms with van der Waals surface area (Å²) >= 11 is 1.54. The summed E-state index contributed by atoms with van der Waals surface area (Å²) in [6.07, 6.45) is 0.254. The van der Waals surface area contributed by atoms with E-state index in [1.54, 1.807) is 30.9 Å². The monoisotopic (exact) mass is 421 g/mol. The normalized spacial score (nSPS) is 18.7. The van der Waals surface area contributed by atoms with Gasteiger partial charge in [0, 0.05) is 18.0 Å². The Bertz CT molecular complexity index is 1060. The lowest BCUT2D eigenvalue weighted by atomic mass is 9.86. The molecule has 1 amide bonds. The van der Waals surface area contributed by atoms with Gasteiger partial charge in [-0.2, -0.15) is 5.26 Å². The number of hydrogen-bond acceptors (Lipinski definition) is 6. The molecule has 0 bridgehead atoms. The van der Waals surface area contributed by atoms with Gasteiger partial charge < -0.3 is 14.4 Å². The van der Waals surface area contributed by atoms with Gasteiger partial charge in [-0.3, -0.25) is 9.69 Å². The maximum Gasteiger partial charge on any atom is 0.229 e. The number of nitriles is 1. The third kappa shape index (κ3) is 3.48. The molecule has 1 unspecified atom stereocenters. The van der Waals surface area contributed by atoms with Crippen LogP contribution in [0.15, 0.2) is 53.1 Å². The minimum absolute atomic E-state index is 0.0227. The highest BCUT2D eigenvalue weighted by Gasteiger charge is 2.38. The first kappa shape index (κ1) is 20.2. The zero-order valence-electron chi connectivity index (χ0n) is 17.2. The molecule has 0 N–H and O–H groups in total. The zero-order valence-corrected chi connectivity index (χ0v) is 18.0. The molecule has 2 aliphatic rings. The molecule has 154 valence electrons. The van der Waals surface area contributed by atoms with Gasteiger partial charge in [-0.15, -0.1) is 0 Å². The molecular weight excluding hydrogens is 398 g/mol. The van der Waals surface area contributed by atoms with Crippen LogP contribution in [0.4, 0.5) is 5.69 Å². The molecule has 6 nitrogen and oxygen atoms in total. The van der Waals surface area contributed by atoms with Gasteiger partial charge >= 0.3 is 0 Å². The lowest BCUT2D eigenvalue weighted by Gasteiger charge is -2.42. The van der Waals surface area contributed by atoms with Gasteiger partial charge in [0.2, 0.25) is 5.91 Å². The number of para-hydroxylation sites is 1. The van der Waals surface area contributed by atoms with Crippen molar-refractivity contribution in [2.75, 3.05) is 31.7 Å². The van der Waals surface area contributed by atoms with E-state index in [1.165, 1.54) is 5.56 Å². The van der Waals surface area contributed by atoms with Crippen LogP contribution in [0.2, 0.25) is 0 Å². The third-order valence-corrected chi connectivity index (χ3v) is 6.71. The first-order valence-corrected chi connectivity index (χ1v) is 10.7. The van der Waals surface area contributed by atoms with Crippen LogP contribution in [0.1, 0.15) is 23.5 Å². The first-order chi connectivity index (χ1) is 14.6. The predicted octanol–water partition coefficient (Wildman–Crippen LogP) is 4.23. The van der Waals surface area contributed by atoms with Gasteiger partial charge in [0.1, 0.15) is 0 Å². The molecule has 4 rings (SSSR count). The molecule has 1 saturated heterocycles. The lowest BCUT2D eigenvalue weighted by molar-refractivity contribution is -0.129. The Balaban J connectivity index is 1.68. The summed E-state index contributed by atoms with van der Waals surface area (Å²) in [5, 5.41) is 10.7. The summed E-state index contributed by atoms with van der Waals surface area (Å²) in [5.41, 5.74) is 3.79. The number of amides is 1. The van der Waals surface area contributed by atoms with Gasteiger partial charge in [0.05, 0.1) is 43.4 Å². The van der Waals surface area contributed by atoms with Crippen molar-refractivity contribution >= 4 is 23.4 Å². The molecule has 7 heteroatoms. The minimum Gasteiger partial charge on any atom is -0.493 e. The van der Waals surface area contributed by atoms with Crippen LogP contribution < -0.4 is 14.4 Å². The van der Waals surface area contributed by atoms with E-state index < -0.39 is 0 Å². The van der Waals surface area contributed by atoms with E-state index in [9.17, 15) is 10.1 Å². The van der Waals surface area contributed by atoms with Crippen molar-refractivity contribution in [1.82, 2.24) is 4.90 Å². The topological polar surface area (TPSA) is 65.8 Å². The summed E-state index contributed by atoms with van der Waals surface area (Å²) in [4.78, 5) is 17.0. The first-order valence-electron chi connectivity index (χ1n) is 9.67. The number of hydrogen-bond donors (Lipinski definition) is 0. The number of ether oxygens (including phenoxy) is 2. The van der Waals surface area contributed by atoms with Gasteiger partial charge in [0.25, 0.3) is 0 Å². The van der Waals surface area contributed by atoms with E-state index >= 15 is 0 Å². The maximum atomic E-state index is 13.1. The fourth-order valence-corrected chi connectivity index (χ4v) is 5.15. The summed E-state index contributed by atoms with van der Waals surface area (Å²) in [6.45, 7) is 2.52. The molecule has 30 heavy (non-hydrogen) atoms. The van der Waals surface area contributed by atoms with Crippen LogP contribution in [0.25, 0.3) is 0 Å². The SMILES string of the molecule is COc1ccc(C2CC(=O)N3CN(c4ccccc4C)CSC3=C2C#N)cc1OC. The molecule has 1 atom stereocenters. The number of nitrogens with zero attached hydrogens (tertiary/aromatic N) is 3. The van der Waals surface area contributed by atoms with Crippen molar-refractivity contribution in [1.29, 1.82) is 5.26 Å². The second-order valence-electron chi connectivity index (χ2n) is 7.26. The Morgan fingerprint density at radius 1 is 1.13 bits per heavy atom. The van der Waals surface area contributed by atoms with Gasteiger partial charge in [-0.25, -0.2) is 0 Å². The molecule has 0 saturated carbocycles.